The molecule has 0 amide bonds. The Labute approximate surface area is 112 Å². The Morgan fingerprint density at radius 2 is 1.83 bits per heavy atom. The smallest absolute Gasteiger partial charge is 0.119 e. The fraction of sp³-hybridized carbons (Fsp3) is 0.333. The van der Waals surface area contributed by atoms with Crippen LogP contribution in [0.1, 0.15) is 35.3 Å². The van der Waals surface area contributed by atoms with Crippen molar-refractivity contribution >= 4 is 11.3 Å². The number of aliphatic hydroxyl groups excluding tert-OH is 1. The zero-order chi connectivity index (χ0) is 13.0. The van der Waals surface area contributed by atoms with Crippen LogP contribution >= 0.6 is 11.3 Å². The Morgan fingerprint density at radius 3 is 2.39 bits per heavy atom. The number of thiophene rings is 1. The molecule has 0 spiro atoms. The van der Waals surface area contributed by atoms with Crippen LogP contribution in [0.15, 0.2) is 36.4 Å². The highest BCUT2D eigenvalue weighted by Crippen LogP contribution is 2.29. The molecule has 3 heteroatoms. The minimum atomic E-state index is -0.536. The summed E-state index contributed by atoms with van der Waals surface area (Å²) < 4.78 is 5.39. The van der Waals surface area contributed by atoms with Gasteiger partial charge >= 0.3 is 0 Å². The summed E-state index contributed by atoms with van der Waals surface area (Å²) in [6, 6.07) is 11.7. The zero-order valence-corrected chi connectivity index (χ0v) is 11.5. The van der Waals surface area contributed by atoms with Gasteiger partial charge in [-0.1, -0.05) is 19.1 Å². The first-order valence-electron chi connectivity index (χ1n) is 6.24. The van der Waals surface area contributed by atoms with Crippen molar-refractivity contribution in [2.45, 2.75) is 26.4 Å². The summed E-state index contributed by atoms with van der Waals surface area (Å²) in [5.41, 5.74) is 0.906. The van der Waals surface area contributed by atoms with Crippen LogP contribution in [0.5, 0.6) is 5.75 Å². The van der Waals surface area contributed by atoms with Gasteiger partial charge in [-0.25, -0.2) is 0 Å². The first-order chi connectivity index (χ1) is 8.74. The van der Waals surface area contributed by atoms with Crippen LogP contribution < -0.4 is 4.74 Å². The van der Waals surface area contributed by atoms with Crippen LogP contribution in [0.3, 0.4) is 0 Å². The molecule has 1 heterocycles. The van der Waals surface area contributed by atoms with Crippen molar-refractivity contribution in [2.75, 3.05) is 6.61 Å². The zero-order valence-electron chi connectivity index (χ0n) is 10.7. The highest BCUT2D eigenvalue weighted by molar-refractivity contribution is 7.12. The average molecular weight is 262 g/mol. The van der Waals surface area contributed by atoms with E-state index in [-0.39, 0.29) is 0 Å². The lowest BCUT2D eigenvalue weighted by molar-refractivity contribution is 0.224. The third kappa shape index (κ3) is 2.92. The number of ether oxygens (including phenoxy) is 1. The Kier molecular flexibility index (Phi) is 4.39. The summed E-state index contributed by atoms with van der Waals surface area (Å²) >= 11 is 1.67. The number of hydrogen-bond acceptors (Lipinski definition) is 3. The van der Waals surface area contributed by atoms with Gasteiger partial charge in [0.15, 0.2) is 0 Å². The molecule has 0 fully saturated rings. The average Bonchev–Trinajstić information content (AvgIpc) is 2.88. The largest absolute Gasteiger partial charge is 0.494 e. The van der Waals surface area contributed by atoms with Crippen molar-refractivity contribution in [3.8, 4) is 5.75 Å². The van der Waals surface area contributed by atoms with Gasteiger partial charge in [0, 0.05) is 9.75 Å². The maximum absolute atomic E-state index is 10.3. The fourth-order valence-electron chi connectivity index (χ4n) is 1.81. The van der Waals surface area contributed by atoms with E-state index in [1.807, 2.05) is 37.3 Å². The van der Waals surface area contributed by atoms with E-state index in [0.29, 0.717) is 6.61 Å². The fourth-order valence-corrected chi connectivity index (χ4v) is 2.78. The minimum Gasteiger partial charge on any atom is -0.494 e. The van der Waals surface area contributed by atoms with Gasteiger partial charge in [-0.3, -0.25) is 0 Å². The van der Waals surface area contributed by atoms with Gasteiger partial charge in [0.2, 0.25) is 0 Å². The van der Waals surface area contributed by atoms with Crippen molar-refractivity contribution in [2.24, 2.45) is 0 Å². The number of aryl methyl sites for hydroxylation is 1. The molecule has 0 aliphatic rings. The highest BCUT2D eigenvalue weighted by atomic mass is 32.1. The highest BCUT2D eigenvalue weighted by Gasteiger charge is 2.12. The third-order valence-corrected chi connectivity index (χ3v) is 4.09. The number of benzene rings is 1. The van der Waals surface area contributed by atoms with Crippen molar-refractivity contribution in [3.05, 3.63) is 51.7 Å². The van der Waals surface area contributed by atoms with Crippen molar-refractivity contribution < 1.29 is 9.84 Å². The lowest BCUT2D eigenvalue weighted by Crippen LogP contribution is -1.97. The second kappa shape index (κ2) is 6.03. The lowest BCUT2D eigenvalue weighted by Gasteiger charge is -2.10. The molecule has 1 N–H and O–H groups in total. The van der Waals surface area contributed by atoms with Crippen LogP contribution in [0, 0.1) is 0 Å². The summed E-state index contributed by atoms with van der Waals surface area (Å²) in [4.78, 5) is 2.30. The molecule has 1 unspecified atom stereocenters. The monoisotopic (exact) mass is 262 g/mol. The molecule has 18 heavy (non-hydrogen) atoms. The molecule has 0 saturated carbocycles. The molecule has 0 radical (unpaired) electrons. The van der Waals surface area contributed by atoms with Crippen LogP contribution in [0.25, 0.3) is 0 Å². The molecule has 2 nitrogen and oxygen atoms in total. The summed E-state index contributed by atoms with van der Waals surface area (Å²) in [6.45, 7) is 4.74. The van der Waals surface area contributed by atoms with Crippen LogP contribution in [-0.4, -0.2) is 11.7 Å². The van der Waals surface area contributed by atoms with E-state index in [9.17, 15) is 5.11 Å². The molecule has 0 aliphatic heterocycles. The van der Waals surface area contributed by atoms with Gasteiger partial charge in [0.05, 0.1) is 6.61 Å². The normalized spacial score (nSPS) is 12.4. The first-order valence-corrected chi connectivity index (χ1v) is 7.05. The molecule has 0 aliphatic carbocycles. The quantitative estimate of drug-likeness (QED) is 0.888. The van der Waals surface area contributed by atoms with E-state index in [4.69, 9.17) is 4.74 Å². The number of hydrogen-bond donors (Lipinski definition) is 1. The van der Waals surface area contributed by atoms with Gasteiger partial charge in [-0.05, 0) is 43.2 Å². The minimum absolute atomic E-state index is 0.536. The number of aliphatic hydroxyl groups is 1. The predicted octanol–water partition coefficient (Wildman–Crippen LogP) is 3.79. The molecular formula is C15H18O2S. The molecule has 0 bridgehead atoms. The summed E-state index contributed by atoms with van der Waals surface area (Å²) in [6.07, 6.45) is 0.478. The molecule has 1 atom stereocenters. The van der Waals surface area contributed by atoms with E-state index < -0.39 is 6.10 Å². The molecule has 2 aromatic rings. The van der Waals surface area contributed by atoms with Gasteiger partial charge in [0.1, 0.15) is 11.9 Å². The lowest BCUT2D eigenvalue weighted by atomic mass is 10.1. The van der Waals surface area contributed by atoms with Crippen molar-refractivity contribution in [1.82, 2.24) is 0 Å². The molecule has 1 aromatic heterocycles. The molecule has 1 aromatic carbocycles. The number of rotatable bonds is 5. The SMILES string of the molecule is CCOc1ccc(C(O)c2ccc(CC)s2)cc1. The van der Waals surface area contributed by atoms with Crippen molar-refractivity contribution in [1.29, 1.82) is 0 Å². The molecule has 0 saturated heterocycles. The Balaban J connectivity index is 2.14. The van der Waals surface area contributed by atoms with Gasteiger partial charge in [-0.2, -0.15) is 0 Å². The van der Waals surface area contributed by atoms with Crippen LogP contribution in [0.2, 0.25) is 0 Å². The second-order valence-corrected chi connectivity index (χ2v) is 5.26. The van der Waals surface area contributed by atoms with Crippen molar-refractivity contribution in [3.63, 3.8) is 0 Å². The Hall–Kier alpha value is -1.32. The van der Waals surface area contributed by atoms with Crippen LogP contribution in [-0.2, 0) is 6.42 Å². The second-order valence-electron chi connectivity index (χ2n) is 4.06. The van der Waals surface area contributed by atoms with E-state index in [2.05, 4.69) is 13.0 Å². The Bertz CT molecular complexity index is 487. The van der Waals surface area contributed by atoms with E-state index in [1.54, 1.807) is 11.3 Å². The molecular weight excluding hydrogens is 244 g/mol. The summed E-state index contributed by atoms with van der Waals surface area (Å²) in [5, 5.41) is 10.3. The van der Waals surface area contributed by atoms with Gasteiger partial charge in [-0.15, -0.1) is 11.3 Å². The van der Waals surface area contributed by atoms with E-state index in [1.165, 1.54) is 4.88 Å². The predicted molar refractivity (Wildman–Crippen MR) is 75.4 cm³/mol. The Morgan fingerprint density at radius 1 is 1.11 bits per heavy atom. The first kappa shape index (κ1) is 13.1. The standard InChI is InChI=1S/C15H18O2S/c1-3-13-9-10-14(18-13)15(16)11-5-7-12(8-6-11)17-4-2/h5-10,15-16H,3-4H2,1-2H3. The van der Waals surface area contributed by atoms with E-state index >= 15 is 0 Å². The topological polar surface area (TPSA) is 29.5 Å². The maximum Gasteiger partial charge on any atom is 0.119 e. The van der Waals surface area contributed by atoms with E-state index in [0.717, 1.165) is 22.6 Å². The molecule has 2 rings (SSSR count). The van der Waals surface area contributed by atoms with Gasteiger partial charge < -0.3 is 9.84 Å². The maximum atomic E-state index is 10.3. The van der Waals surface area contributed by atoms with Gasteiger partial charge in [0.25, 0.3) is 0 Å². The molecule has 96 valence electrons. The van der Waals surface area contributed by atoms with Crippen LogP contribution in [0.4, 0.5) is 0 Å². The third-order valence-electron chi connectivity index (χ3n) is 2.81. The summed E-state index contributed by atoms with van der Waals surface area (Å²) in [5.74, 6) is 0.842. The summed E-state index contributed by atoms with van der Waals surface area (Å²) in [7, 11) is 0.